The molecule has 0 amide bonds. The predicted molar refractivity (Wildman–Crippen MR) is 184 cm³/mol. The fraction of sp³-hybridized carbons (Fsp3) is 0. The number of benzene rings is 5. The van der Waals surface area contributed by atoms with E-state index in [1.807, 2.05) is 36.3 Å². The summed E-state index contributed by atoms with van der Waals surface area (Å²) in [5.41, 5.74) is 9.72. The van der Waals surface area contributed by atoms with Crippen LogP contribution in [0.3, 0.4) is 0 Å². The van der Waals surface area contributed by atoms with Crippen molar-refractivity contribution >= 4 is 69.0 Å². The van der Waals surface area contributed by atoms with Crippen molar-refractivity contribution in [2.45, 2.75) is 9.79 Å². The highest BCUT2D eigenvalue weighted by Crippen LogP contribution is 2.47. The first-order chi connectivity index (χ1) is 21.3. The Morgan fingerprint density at radius 1 is 0.442 bits per heavy atom. The highest BCUT2D eigenvalue weighted by molar-refractivity contribution is 7.99. The van der Waals surface area contributed by atoms with Crippen LogP contribution in [0.1, 0.15) is 0 Å². The van der Waals surface area contributed by atoms with Crippen LogP contribution in [-0.4, -0.2) is 23.4 Å². The Morgan fingerprint density at radius 2 is 1.07 bits per heavy atom. The van der Waals surface area contributed by atoms with Crippen molar-refractivity contribution in [1.29, 1.82) is 0 Å². The molecule has 0 saturated heterocycles. The minimum atomic E-state index is 0.0467. The maximum Gasteiger partial charge on any atom is 0.265 e. The quantitative estimate of drug-likeness (QED) is 0.272. The average molecular weight is 564 g/mol. The third-order valence-corrected chi connectivity index (χ3v) is 9.55. The summed E-state index contributed by atoms with van der Waals surface area (Å²) in [5, 5.41) is 2.61. The molecule has 3 heterocycles. The molecular formula is C38H26B2N2S. The summed E-state index contributed by atoms with van der Waals surface area (Å²) in [7, 11) is 0. The molecule has 5 heteroatoms. The minimum absolute atomic E-state index is 0.0467. The molecule has 7 aromatic rings. The summed E-state index contributed by atoms with van der Waals surface area (Å²) in [6.07, 6.45) is 3.79. The lowest BCUT2D eigenvalue weighted by Gasteiger charge is -2.25. The average Bonchev–Trinajstić information content (AvgIpc) is 3.08. The Morgan fingerprint density at radius 3 is 1.74 bits per heavy atom. The van der Waals surface area contributed by atoms with Crippen LogP contribution in [0.4, 0.5) is 0 Å². The highest BCUT2D eigenvalue weighted by Gasteiger charge is 2.29. The molecule has 0 N–H and O–H groups in total. The van der Waals surface area contributed by atoms with Gasteiger partial charge in [0, 0.05) is 38.8 Å². The van der Waals surface area contributed by atoms with Crippen LogP contribution in [0.15, 0.2) is 168 Å². The van der Waals surface area contributed by atoms with Gasteiger partial charge in [0.25, 0.3) is 13.4 Å². The molecule has 0 unspecified atom stereocenters. The van der Waals surface area contributed by atoms with Crippen molar-refractivity contribution in [3.8, 4) is 11.1 Å². The van der Waals surface area contributed by atoms with Gasteiger partial charge in [-0.2, -0.15) is 0 Å². The van der Waals surface area contributed by atoms with E-state index in [-0.39, 0.29) is 13.4 Å². The van der Waals surface area contributed by atoms with Crippen LogP contribution in [0.25, 0.3) is 21.9 Å². The van der Waals surface area contributed by atoms with Gasteiger partial charge in [0.05, 0.1) is 0 Å². The summed E-state index contributed by atoms with van der Waals surface area (Å²) in [5.74, 6) is 0. The van der Waals surface area contributed by atoms with Gasteiger partial charge in [-0.1, -0.05) is 149 Å². The molecule has 2 nitrogen and oxygen atoms in total. The maximum atomic E-state index is 4.82. The lowest BCUT2D eigenvalue weighted by atomic mass is 9.37. The van der Waals surface area contributed by atoms with E-state index >= 15 is 0 Å². The molecule has 8 rings (SSSR count). The Labute approximate surface area is 257 Å². The Kier molecular flexibility index (Phi) is 6.66. The topological polar surface area (TPSA) is 25.8 Å². The second-order valence-corrected chi connectivity index (χ2v) is 12.0. The maximum absolute atomic E-state index is 4.82. The standard InChI is InChI=1S/C38H26B2N2S/c1-3-12-27(13-4-1)39(36-18-7-9-24-41-36)29-20-21-30-31-22-23-33(32-16-11-17-34(38(31)32)43-35(30)26-29)40(28-14-5-2-6-15-28)37-19-8-10-25-42-37/h1-26H. The molecule has 2 aromatic heterocycles. The number of pyridine rings is 2. The van der Waals surface area contributed by atoms with Gasteiger partial charge in [0.15, 0.2) is 0 Å². The molecule has 1 aliphatic rings. The van der Waals surface area contributed by atoms with E-state index in [1.54, 1.807) is 0 Å². The number of aromatic nitrogens is 2. The van der Waals surface area contributed by atoms with Gasteiger partial charge in [0.1, 0.15) is 0 Å². The number of nitrogens with zero attached hydrogens (tertiary/aromatic N) is 2. The zero-order valence-corrected chi connectivity index (χ0v) is 24.3. The molecule has 0 aliphatic carbocycles. The molecule has 200 valence electrons. The first-order valence-electron chi connectivity index (χ1n) is 14.6. The van der Waals surface area contributed by atoms with E-state index in [1.165, 1.54) is 53.5 Å². The van der Waals surface area contributed by atoms with Crippen molar-refractivity contribution in [2.24, 2.45) is 0 Å². The van der Waals surface area contributed by atoms with Gasteiger partial charge in [-0.15, -0.1) is 0 Å². The zero-order valence-electron chi connectivity index (χ0n) is 23.5. The first kappa shape index (κ1) is 25.8. The third kappa shape index (κ3) is 4.67. The van der Waals surface area contributed by atoms with Crippen LogP contribution >= 0.6 is 11.8 Å². The van der Waals surface area contributed by atoms with Gasteiger partial charge < -0.3 is 0 Å². The molecule has 0 fully saturated rings. The van der Waals surface area contributed by atoms with Gasteiger partial charge >= 0.3 is 0 Å². The van der Waals surface area contributed by atoms with Crippen LogP contribution in [0.5, 0.6) is 0 Å². The number of rotatable bonds is 6. The summed E-state index contributed by atoms with van der Waals surface area (Å²) in [4.78, 5) is 12.2. The normalized spacial score (nSPS) is 11.6. The summed E-state index contributed by atoms with van der Waals surface area (Å²) in [6.45, 7) is 0.114. The van der Waals surface area contributed by atoms with E-state index < -0.39 is 0 Å². The number of hydrogen-bond donors (Lipinski definition) is 0. The smallest absolute Gasteiger partial charge is 0.265 e. The minimum Gasteiger partial charge on any atom is -0.270 e. The number of hydrogen-bond acceptors (Lipinski definition) is 3. The molecule has 0 bridgehead atoms. The summed E-state index contributed by atoms with van der Waals surface area (Å²) in [6, 6.07) is 52.2. The van der Waals surface area contributed by atoms with Gasteiger partial charge in [-0.05, 0) is 46.8 Å². The third-order valence-electron chi connectivity index (χ3n) is 8.43. The lowest BCUT2D eigenvalue weighted by molar-refractivity contribution is 1.38. The Bertz CT molecular complexity index is 1970. The number of fused-ring (bicyclic) bond motifs is 2. The molecule has 1 aliphatic heterocycles. The van der Waals surface area contributed by atoms with E-state index in [2.05, 4.69) is 133 Å². The predicted octanol–water partition coefficient (Wildman–Crippen LogP) is 4.79. The van der Waals surface area contributed by atoms with E-state index in [0.717, 1.165) is 11.2 Å². The van der Waals surface area contributed by atoms with Crippen LogP contribution in [0.2, 0.25) is 0 Å². The molecule has 5 aromatic carbocycles. The molecule has 0 spiro atoms. The van der Waals surface area contributed by atoms with Crippen LogP contribution < -0.4 is 33.0 Å². The van der Waals surface area contributed by atoms with Gasteiger partial charge in [-0.25, -0.2) is 0 Å². The largest absolute Gasteiger partial charge is 0.270 e. The van der Waals surface area contributed by atoms with E-state index in [9.17, 15) is 0 Å². The van der Waals surface area contributed by atoms with Crippen molar-refractivity contribution in [3.63, 3.8) is 0 Å². The fourth-order valence-electron chi connectivity index (χ4n) is 6.53. The van der Waals surface area contributed by atoms with Gasteiger partial charge in [-0.3, -0.25) is 9.97 Å². The highest BCUT2D eigenvalue weighted by atomic mass is 32.2. The molecule has 43 heavy (non-hydrogen) atoms. The summed E-state index contributed by atoms with van der Waals surface area (Å²) < 4.78 is 0. The SMILES string of the molecule is c1ccc(B(c2ccc3c(c2)Sc2cccc4c(B(c5ccccc5)c5ccccn5)ccc-3c24)c2ccccn2)cc1. The fourth-order valence-corrected chi connectivity index (χ4v) is 7.72. The van der Waals surface area contributed by atoms with Crippen LogP contribution in [-0.2, 0) is 0 Å². The van der Waals surface area contributed by atoms with Crippen molar-refractivity contribution in [1.82, 2.24) is 9.97 Å². The molecule has 0 atom stereocenters. The Balaban J connectivity index is 1.28. The second-order valence-electron chi connectivity index (χ2n) is 10.9. The molecule has 0 radical (unpaired) electrons. The van der Waals surface area contributed by atoms with Crippen molar-refractivity contribution in [3.05, 3.63) is 158 Å². The van der Waals surface area contributed by atoms with Crippen LogP contribution in [0, 0.1) is 0 Å². The lowest BCUT2D eigenvalue weighted by Crippen LogP contribution is -2.53. The van der Waals surface area contributed by atoms with Crippen molar-refractivity contribution < 1.29 is 0 Å². The second kappa shape index (κ2) is 11.1. The van der Waals surface area contributed by atoms with E-state index in [0.29, 0.717) is 0 Å². The summed E-state index contributed by atoms with van der Waals surface area (Å²) >= 11 is 1.87. The van der Waals surface area contributed by atoms with Gasteiger partial charge in [0.2, 0.25) is 0 Å². The Hall–Kier alpha value is -4.86. The molecule has 0 saturated carbocycles. The van der Waals surface area contributed by atoms with E-state index in [4.69, 9.17) is 9.97 Å². The zero-order chi connectivity index (χ0) is 28.6. The molecular weight excluding hydrogens is 538 g/mol. The monoisotopic (exact) mass is 564 g/mol. The van der Waals surface area contributed by atoms with Crippen molar-refractivity contribution in [2.75, 3.05) is 0 Å². The first-order valence-corrected chi connectivity index (χ1v) is 15.5.